The molecule has 0 heterocycles. The van der Waals surface area contributed by atoms with Crippen LogP contribution in [0.4, 0.5) is 26.3 Å². The molecule has 0 atom stereocenters. The van der Waals surface area contributed by atoms with E-state index < -0.39 is 33.8 Å². The number of hydrogen-bond donors (Lipinski definition) is 2. The van der Waals surface area contributed by atoms with E-state index in [1.807, 2.05) is 0 Å². The first-order valence-corrected chi connectivity index (χ1v) is 4.62. The van der Waals surface area contributed by atoms with Crippen LogP contribution in [0.25, 0.3) is 0 Å². The van der Waals surface area contributed by atoms with Crippen LogP contribution in [0, 0.1) is 0 Å². The van der Waals surface area contributed by atoms with Gasteiger partial charge in [-0.25, -0.2) is 0 Å². The molecule has 4 nitrogen and oxygen atoms in total. The third-order valence-electron chi connectivity index (χ3n) is 1.33. The third-order valence-corrected chi connectivity index (χ3v) is 2.11. The van der Waals surface area contributed by atoms with Gasteiger partial charge in [-0.15, -0.1) is 0 Å². The molecule has 0 spiro atoms. The summed E-state index contributed by atoms with van der Waals surface area (Å²) < 4.78 is 98.5. The minimum Gasteiger partial charge on any atom is -0.373 e. The van der Waals surface area contributed by atoms with Crippen LogP contribution in [0.1, 0.15) is 0 Å². The van der Waals surface area contributed by atoms with Crippen LogP contribution in [0.15, 0.2) is 0 Å². The molecule has 0 amide bonds. The topological polar surface area (TPSA) is 74.6 Å². The summed E-state index contributed by atoms with van der Waals surface area (Å²) in [7, 11) is -5.64. The summed E-state index contributed by atoms with van der Waals surface area (Å²) in [5.74, 6) is -2.90. The van der Waals surface area contributed by atoms with Gasteiger partial charge in [0.15, 0.2) is 0 Å². The number of rotatable bonds is 2. The SMILES string of the molecule is O=S(=O)(O)CC(O)(C(F)(F)F)C(F)(F)F. The lowest BCUT2D eigenvalue weighted by Gasteiger charge is -2.30. The van der Waals surface area contributed by atoms with Crippen molar-refractivity contribution in [2.24, 2.45) is 0 Å². The van der Waals surface area contributed by atoms with Gasteiger partial charge in [0.25, 0.3) is 15.7 Å². The highest BCUT2D eigenvalue weighted by Crippen LogP contribution is 2.43. The van der Waals surface area contributed by atoms with Crippen molar-refractivity contribution < 1.29 is 44.4 Å². The van der Waals surface area contributed by atoms with Crippen molar-refractivity contribution in [1.29, 1.82) is 0 Å². The zero-order valence-corrected chi connectivity index (χ0v) is 7.41. The minimum absolute atomic E-state index is 2.90. The molecule has 0 saturated heterocycles. The molecule has 0 aliphatic carbocycles. The summed E-state index contributed by atoms with van der Waals surface area (Å²) in [6.07, 6.45) is -12.5. The minimum atomic E-state index is -6.26. The van der Waals surface area contributed by atoms with Gasteiger partial charge in [0, 0.05) is 0 Å². The summed E-state index contributed by atoms with van der Waals surface area (Å²) in [6, 6.07) is 0. The maximum Gasteiger partial charge on any atom is 0.427 e. The molecule has 0 aliphatic heterocycles. The highest BCUT2D eigenvalue weighted by Gasteiger charge is 2.71. The van der Waals surface area contributed by atoms with Crippen molar-refractivity contribution in [3.05, 3.63) is 0 Å². The molecule has 0 rings (SSSR count). The van der Waals surface area contributed by atoms with Crippen LogP contribution in [0.5, 0.6) is 0 Å². The molecule has 92 valence electrons. The van der Waals surface area contributed by atoms with Gasteiger partial charge < -0.3 is 5.11 Å². The fraction of sp³-hybridized carbons (Fsp3) is 1.00. The van der Waals surface area contributed by atoms with E-state index in [0.717, 1.165) is 0 Å². The highest BCUT2D eigenvalue weighted by molar-refractivity contribution is 7.85. The Hall–Kier alpha value is -0.550. The smallest absolute Gasteiger partial charge is 0.373 e. The van der Waals surface area contributed by atoms with Crippen LogP contribution >= 0.6 is 0 Å². The van der Waals surface area contributed by atoms with Gasteiger partial charge >= 0.3 is 12.4 Å². The molecule has 11 heteroatoms. The second-order valence-corrected chi connectivity index (χ2v) is 4.03. The fourth-order valence-corrected chi connectivity index (χ4v) is 1.44. The van der Waals surface area contributed by atoms with Crippen molar-refractivity contribution in [3.8, 4) is 0 Å². The summed E-state index contributed by atoms with van der Waals surface area (Å²) in [5.41, 5.74) is -5.48. The van der Waals surface area contributed by atoms with Gasteiger partial charge in [-0.3, -0.25) is 4.55 Å². The molecule has 0 aliphatic rings. The molecule has 15 heavy (non-hydrogen) atoms. The Bertz CT molecular complexity index is 312. The Labute approximate surface area is 79.3 Å². The molecule has 0 unspecified atom stereocenters. The normalized spacial score (nSPS) is 15.5. The van der Waals surface area contributed by atoms with Crippen LogP contribution in [-0.2, 0) is 10.1 Å². The lowest BCUT2D eigenvalue weighted by Crippen LogP contribution is -2.60. The van der Waals surface area contributed by atoms with Gasteiger partial charge in [0.1, 0.15) is 5.75 Å². The first-order chi connectivity index (χ1) is 6.21. The van der Waals surface area contributed by atoms with Crippen LogP contribution in [0.3, 0.4) is 0 Å². The summed E-state index contributed by atoms with van der Waals surface area (Å²) in [5, 5.41) is 8.23. The van der Waals surface area contributed by atoms with Crippen molar-refractivity contribution >= 4 is 10.1 Å². The molecule has 0 aromatic rings. The summed E-state index contributed by atoms with van der Waals surface area (Å²) in [6.45, 7) is 0. The average Bonchev–Trinajstić information content (AvgIpc) is 1.77. The van der Waals surface area contributed by atoms with E-state index in [1.165, 1.54) is 0 Å². The van der Waals surface area contributed by atoms with Crippen molar-refractivity contribution in [2.75, 3.05) is 5.75 Å². The Morgan fingerprint density at radius 1 is 0.933 bits per heavy atom. The van der Waals surface area contributed by atoms with E-state index in [0.29, 0.717) is 0 Å². The zero-order valence-electron chi connectivity index (χ0n) is 6.59. The molecular weight excluding hydrogens is 258 g/mol. The zero-order chi connectivity index (χ0) is 12.7. The number of aliphatic hydroxyl groups is 1. The summed E-state index contributed by atoms with van der Waals surface area (Å²) in [4.78, 5) is 0. The first kappa shape index (κ1) is 14.5. The molecule has 0 saturated carbocycles. The van der Waals surface area contributed by atoms with E-state index in [1.54, 1.807) is 0 Å². The fourth-order valence-electron chi connectivity index (χ4n) is 0.588. The molecule has 0 aromatic carbocycles. The van der Waals surface area contributed by atoms with Crippen LogP contribution < -0.4 is 0 Å². The number of hydrogen-bond acceptors (Lipinski definition) is 3. The highest BCUT2D eigenvalue weighted by atomic mass is 32.2. The lowest BCUT2D eigenvalue weighted by atomic mass is 10.1. The third kappa shape index (κ3) is 3.21. The second-order valence-electron chi connectivity index (χ2n) is 2.58. The Morgan fingerprint density at radius 2 is 1.20 bits per heavy atom. The quantitative estimate of drug-likeness (QED) is 0.568. The van der Waals surface area contributed by atoms with Gasteiger partial charge in [0.05, 0.1) is 0 Å². The molecule has 0 radical (unpaired) electrons. The monoisotopic (exact) mass is 262 g/mol. The maximum atomic E-state index is 11.8. The predicted octanol–water partition coefficient (Wildman–Crippen LogP) is 0.730. The van der Waals surface area contributed by atoms with Crippen molar-refractivity contribution in [3.63, 3.8) is 0 Å². The van der Waals surface area contributed by atoms with E-state index in [4.69, 9.17) is 9.66 Å². The Kier molecular flexibility index (Phi) is 3.36. The van der Waals surface area contributed by atoms with E-state index in [2.05, 4.69) is 0 Å². The van der Waals surface area contributed by atoms with Crippen molar-refractivity contribution in [1.82, 2.24) is 0 Å². The molecule has 2 N–H and O–H groups in total. The Balaban J connectivity index is 5.45. The summed E-state index contributed by atoms with van der Waals surface area (Å²) >= 11 is 0. The molecule has 0 aromatic heterocycles. The van der Waals surface area contributed by atoms with E-state index in [9.17, 15) is 34.8 Å². The van der Waals surface area contributed by atoms with E-state index >= 15 is 0 Å². The molecule has 0 bridgehead atoms. The molecule has 0 fully saturated rings. The first-order valence-electron chi connectivity index (χ1n) is 3.02. The predicted molar refractivity (Wildman–Crippen MR) is 33.5 cm³/mol. The lowest BCUT2D eigenvalue weighted by molar-refractivity contribution is -0.359. The molecular formula is C4H4F6O4S. The number of halogens is 6. The van der Waals surface area contributed by atoms with Gasteiger partial charge in [-0.2, -0.15) is 34.8 Å². The van der Waals surface area contributed by atoms with E-state index in [-0.39, 0.29) is 0 Å². The van der Waals surface area contributed by atoms with Gasteiger partial charge in [-0.1, -0.05) is 0 Å². The van der Waals surface area contributed by atoms with Gasteiger partial charge in [-0.05, 0) is 0 Å². The van der Waals surface area contributed by atoms with Crippen molar-refractivity contribution in [2.45, 2.75) is 18.0 Å². The maximum absolute atomic E-state index is 11.8. The van der Waals surface area contributed by atoms with Crippen LogP contribution in [0.2, 0.25) is 0 Å². The largest absolute Gasteiger partial charge is 0.427 e. The Morgan fingerprint density at radius 3 is 1.27 bits per heavy atom. The average molecular weight is 262 g/mol. The standard InChI is InChI=1S/C4H4F6O4S/c5-3(6,7)2(11,4(8,9)10)1-15(12,13)14/h11H,1H2,(H,12,13,14). The van der Waals surface area contributed by atoms with Crippen LogP contribution in [-0.4, -0.2) is 41.8 Å². The van der Waals surface area contributed by atoms with Gasteiger partial charge in [0.2, 0.25) is 0 Å². The second kappa shape index (κ2) is 3.49. The number of alkyl halides is 6.